The van der Waals surface area contributed by atoms with Crippen LogP contribution in [0.3, 0.4) is 0 Å². The lowest BCUT2D eigenvalue weighted by Gasteiger charge is -2.15. The lowest BCUT2D eigenvalue weighted by Crippen LogP contribution is -2.01. The Labute approximate surface area is 330 Å². The van der Waals surface area contributed by atoms with Crippen LogP contribution in [0.5, 0.6) is 0 Å². The summed E-state index contributed by atoms with van der Waals surface area (Å²) >= 11 is 1.83. The molecule has 0 amide bonds. The first-order valence-corrected chi connectivity index (χ1v) is 19.8. The van der Waals surface area contributed by atoms with Crippen LogP contribution in [0.25, 0.3) is 115 Å². The molecule has 0 aliphatic carbocycles. The van der Waals surface area contributed by atoms with Crippen LogP contribution in [0, 0.1) is 0 Å². The number of nitrogens with zero attached hydrogens (tertiary/aromatic N) is 4. The first kappa shape index (κ1) is 31.9. The summed E-state index contributed by atoms with van der Waals surface area (Å²) in [6.07, 6.45) is 0. The van der Waals surface area contributed by atoms with Crippen molar-refractivity contribution < 1.29 is 4.42 Å². The summed E-state index contributed by atoms with van der Waals surface area (Å²) in [5, 5.41) is 7.02. The average Bonchev–Trinajstić information content (AvgIpc) is 3.96. The van der Waals surface area contributed by atoms with Gasteiger partial charge in [-0.15, -0.1) is 11.3 Å². The number of benzene rings is 8. The van der Waals surface area contributed by atoms with E-state index in [0.29, 0.717) is 17.5 Å². The van der Waals surface area contributed by atoms with Gasteiger partial charge in [-0.2, -0.15) is 0 Å². The summed E-state index contributed by atoms with van der Waals surface area (Å²) in [6.45, 7) is 0. The van der Waals surface area contributed by atoms with Gasteiger partial charge < -0.3 is 8.98 Å². The van der Waals surface area contributed by atoms with E-state index in [1.165, 1.54) is 42.0 Å². The number of thiophene rings is 1. The van der Waals surface area contributed by atoms with Crippen LogP contribution in [0.1, 0.15) is 0 Å². The molecule has 4 aromatic heterocycles. The average molecular weight is 747 g/mol. The van der Waals surface area contributed by atoms with Crippen molar-refractivity contribution in [2.75, 3.05) is 0 Å². The van der Waals surface area contributed by atoms with Gasteiger partial charge in [0.15, 0.2) is 17.5 Å². The molecule has 5 nitrogen and oxygen atoms in total. The molecule has 8 aromatic carbocycles. The van der Waals surface area contributed by atoms with Gasteiger partial charge in [0.25, 0.3) is 0 Å². The van der Waals surface area contributed by atoms with Crippen molar-refractivity contribution >= 4 is 75.3 Å². The van der Waals surface area contributed by atoms with Crippen molar-refractivity contribution in [2.45, 2.75) is 0 Å². The summed E-state index contributed by atoms with van der Waals surface area (Å²) in [5.41, 5.74) is 9.88. The Morgan fingerprint density at radius 1 is 0.404 bits per heavy atom. The molecule has 0 aliphatic rings. The second kappa shape index (κ2) is 12.6. The number of fused-ring (bicyclic) bond motifs is 9. The number of furan rings is 1. The van der Waals surface area contributed by atoms with E-state index < -0.39 is 0 Å². The van der Waals surface area contributed by atoms with E-state index in [4.69, 9.17) is 19.4 Å². The minimum absolute atomic E-state index is 0.560. The Hall–Kier alpha value is -7.41. The van der Waals surface area contributed by atoms with Gasteiger partial charge in [0, 0.05) is 64.1 Å². The molecule has 0 fully saturated rings. The fourth-order valence-electron chi connectivity index (χ4n) is 8.51. The van der Waals surface area contributed by atoms with Gasteiger partial charge in [-0.1, -0.05) is 140 Å². The van der Waals surface area contributed by atoms with E-state index in [2.05, 4.69) is 132 Å². The Balaban J connectivity index is 1.14. The smallest absolute Gasteiger partial charge is 0.167 e. The summed E-state index contributed by atoms with van der Waals surface area (Å²) in [4.78, 5) is 15.7. The third-order valence-electron chi connectivity index (χ3n) is 11.1. The zero-order valence-electron chi connectivity index (χ0n) is 30.4. The van der Waals surface area contributed by atoms with E-state index in [1.54, 1.807) is 0 Å². The zero-order valence-corrected chi connectivity index (χ0v) is 31.2. The van der Waals surface area contributed by atoms with Crippen molar-refractivity contribution in [3.05, 3.63) is 182 Å². The Kier molecular flexibility index (Phi) is 7.03. The van der Waals surface area contributed by atoms with Crippen LogP contribution in [0.4, 0.5) is 0 Å². The third-order valence-corrected chi connectivity index (χ3v) is 12.3. The van der Waals surface area contributed by atoms with Gasteiger partial charge in [0.1, 0.15) is 11.2 Å². The zero-order chi connectivity index (χ0) is 37.5. The first-order valence-electron chi connectivity index (χ1n) is 19.0. The molecule has 12 rings (SSSR count). The molecule has 0 unspecified atom stereocenters. The van der Waals surface area contributed by atoms with Crippen LogP contribution in [0.15, 0.2) is 186 Å². The van der Waals surface area contributed by atoms with Crippen LogP contribution in [0.2, 0.25) is 0 Å². The molecular weight excluding hydrogens is 717 g/mol. The molecule has 0 bridgehead atoms. The summed E-state index contributed by atoms with van der Waals surface area (Å²) in [6, 6.07) is 63.8. The monoisotopic (exact) mass is 746 g/mol. The molecule has 57 heavy (non-hydrogen) atoms. The molecule has 12 aromatic rings. The van der Waals surface area contributed by atoms with Crippen LogP contribution < -0.4 is 0 Å². The SMILES string of the molecule is c1ccc(-c2nc(-c3ccccc3-c3cc(-n4c5ccccc5c5ccccc54)cc4c3sc3ccccc34)nc(-c3cccc4c3oc3ccccc34)n2)cc1. The highest BCUT2D eigenvalue weighted by molar-refractivity contribution is 7.26. The Morgan fingerprint density at radius 2 is 0.982 bits per heavy atom. The fourth-order valence-corrected chi connectivity index (χ4v) is 9.72. The van der Waals surface area contributed by atoms with Crippen LogP contribution in [-0.4, -0.2) is 19.5 Å². The topological polar surface area (TPSA) is 56.7 Å². The maximum absolute atomic E-state index is 6.51. The Morgan fingerprint density at radius 3 is 1.77 bits per heavy atom. The predicted molar refractivity (Wildman–Crippen MR) is 236 cm³/mol. The molecule has 0 radical (unpaired) electrons. The highest BCUT2D eigenvalue weighted by atomic mass is 32.1. The number of rotatable bonds is 5. The molecule has 6 heteroatoms. The van der Waals surface area contributed by atoms with Crippen LogP contribution >= 0.6 is 11.3 Å². The molecule has 0 aliphatic heterocycles. The normalized spacial score (nSPS) is 11.9. The lowest BCUT2D eigenvalue weighted by atomic mass is 9.96. The highest BCUT2D eigenvalue weighted by Gasteiger charge is 2.22. The largest absolute Gasteiger partial charge is 0.455 e. The molecule has 266 valence electrons. The van der Waals surface area contributed by atoms with E-state index >= 15 is 0 Å². The maximum atomic E-state index is 6.51. The number of para-hydroxylation sites is 4. The van der Waals surface area contributed by atoms with Gasteiger partial charge in [0.2, 0.25) is 0 Å². The first-order chi connectivity index (χ1) is 28.3. The second-order valence-corrected chi connectivity index (χ2v) is 15.4. The summed E-state index contributed by atoms with van der Waals surface area (Å²) < 4.78 is 11.4. The molecule has 0 saturated carbocycles. The summed E-state index contributed by atoms with van der Waals surface area (Å²) in [5.74, 6) is 1.76. The molecule has 0 N–H and O–H groups in total. The fraction of sp³-hybridized carbons (Fsp3) is 0. The van der Waals surface area contributed by atoms with E-state index in [1.807, 2.05) is 65.9 Å². The highest BCUT2D eigenvalue weighted by Crippen LogP contribution is 2.45. The lowest BCUT2D eigenvalue weighted by molar-refractivity contribution is 0.669. The van der Waals surface area contributed by atoms with Crippen molar-refractivity contribution in [1.29, 1.82) is 0 Å². The predicted octanol–water partition coefficient (Wildman–Crippen LogP) is 13.9. The molecule has 0 atom stereocenters. The van der Waals surface area contributed by atoms with Gasteiger partial charge in [-0.25, -0.2) is 15.0 Å². The van der Waals surface area contributed by atoms with Crippen molar-refractivity contribution in [3.8, 4) is 51.0 Å². The van der Waals surface area contributed by atoms with Gasteiger partial charge >= 0.3 is 0 Å². The standard InChI is InChI=1S/C51H30N4OS/c1-2-15-31(16-3-1)49-52-50(54-51(53-49)40-24-14-23-38-36-20-8-12-27-45(36)56-47(38)40)39-22-5-4-17-33(39)41-29-32(30-42-37-21-9-13-28-46(37)57-48(41)42)55-43-25-10-6-18-34(43)35-19-7-11-26-44(35)55/h1-30H. The van der Waals surface area contributed by atoms with Gasteiger partial charge in [0.05, 0.1) is 16.6 Å². The van der Waals surface area contributed by atoms with Gasteiger partial charge in [-0.3, -0.25) is 0 Å². The number of aromatic nitrogens is 4. The van der Waals surface area contributed by atoms with E-state index in [9.17, 15) is 0 Å². The quantitative estimate of drug-likeness (QED) is 0.176. The van der Waals surface area contributed by atoms with Crippen molar-refractivity contribution in [3.63, 3.8) is 0 Å². The molecule has 4 heterocycles. The minimum Gasteiger partial charge on any atom is -0.455 e. The third kappa shape index (κ3) is 4.98. The number of hydrogen-bond donors (Lipinski definition) is 0. The summed E-state index contributed by atoms with van der Waals surface area (Å²) in [7, 11) is 0. The molecule has 0 spiro atoms. The van der Waals surface area contributed by atoms with Crippen molar-refractivity contribution in [1.82, 2.24) is 19.5 Å². The Bertz CT molecular complexity index is 3490. The minimum atomic E-state index is 0.560. The maximum Gasteiger partial charge on any atom is 0.167 e. The van der Waals surface area contributed by atoms with Gasteiger partial charge in [-0.05, 0) is 48.0 Å². The van der Waals surface area contributed by atoms with E-state index in [0.717, 1.165) is 55.4 Å². The van der Waals surface area contributed by atoms with Crippen molar-refractivity contribution in [2.24, 2.45) is 0 Å². The molecule has 0 saturated heterocycles. The van der Waals surface area contributed by atoms with E-state index in [-0.39, 0.29) is 0 Å². The second-order valence-electron chi connectivity index (χ2n) is 14.3. The molecular formula is C51H30N4OS. The van der Waals surface area contributed by atoms with Crippen LogP contribution in [-0.2, 0) is 0 Å². The number of hydrogen-bond acceptors (Lipinski definition) is 5.